The Bertz CT molecular complexity index is 288. The summed E-state index contributed by atoms with van der Waals surface area (Å²) < 4.78 is 1.87. The Balaban J connectivity index is 3.19. The topological polar surface area (TPSA) is 29.7 Å². The Kier molecular flexibility index (Phi) is 3.34. The van der Waals surface area contributed by atoms with Gasteiger partial charge in [-0.2, -0.15) is 0 Å². The van der Waals surface area contributed by atoms with Crippen LogP contribution in [-0.2, 0) is 7.05 Å². The molecule has 0 aliphatic rings. The van der Waals surface area contributed by atoms with Crippen LogP contribution in [0.5, 0.6) is 0 Å². The van der Waals surface area contributed by atoms with Gasteiger partial charge in [-0.05, 0) is 12.5 Å². The lowest BCUT2D eigenvalue weighted by atomic mass is 10.5. The monoisotopic (exact) mass is 202 g/mol. The van der Waals surface area contributed by atoms with E-state index in [1.54, 1.807) is 23.5 Å². The van der Waals surface area contributed by atoms with E-state index >= 15 is 0 Å². The summed E-state index contributed by atoms with van der Waals surface area (Å²) in [6.45, 7) is 2.02. The lowest BCUT2D eigenvalue weighted by molar-refractivity contribution is -0.742. The summed E-state index contributed by atoms with van der Waals surface area (Å²) in [4.78, 5) is 4.36. The molecule has 66 valence electrons. The van der Waals surface area contributed by atoms with Crippen molar-refractivity contribution in [1.82, 2.24) is 10.1 Å². The van der Waals surface area contributed by atoms with E-state index in [0.29, 0.717) is 0 Å². The molecule has 12 heavy (non-hydrogen) atoms. The lowest BCUT2D eigenvalue weighted by Gasteiger charge is -1.98. The SMILES string of the molecule is CSc1nc(SC)c(C)[n+](C)n1. The first-order valence-electron chi connectivity index (χ1n) is 3.52. The van der Waals surface area contributed by atoms with E-state index in [1.807, 2.05) is 31.2 Å². The molecule has 0 spiro atoms. The molecule has 1 rings (SSSR count). The number of aromatic nitrogens is 3. The van der Waals surface area contributed by atoms with E-state index < -0.39 is 0 Å². The first-order valence-corrected chi connectivity index (χ1v) is 5.97. The van der Waals surface area contributed by atoms with Crippen LogP contribution in [0.4, 0.5) is 0 Å². The van der Waals surface area contributed by atoms with Crippen molar-refractivity contribution in [2.24, 2.45) is 7.05 Å². The summed E-state index contributed by atoms with van der Waals surface area (Å²) in [6, 6.07) is 0. The van der Waals surface area contributed by atoms with Crippen LogP contribution in [0.15, 0.2) is 10.2 Å². The fraction of sp³-hybridized carbons (Fsp3) is 0.571. The minimum atomic E-state index is 0.826. The third kappa shape index (κ3) is 1.90. The molecule has 1 heterocycles. The third-order valence-corrected chi connectivity index (χ3v) is 2.92. The molecule has 0 aromatic carbocycles. The van der Waals surface area contributed by atoms with E-state index in [-0.39, 0.29) is 0 Å². The maximum Gasteiger partial charge on any atom is 0.255 e. The molecule has 0 amide bonds. The van der Waals surface area contributed by atoms with Crippen molar-refractivity contribution < 1.29 is 4.68 Å². The highest BCUT2D eigenvalue weighted by Crippen LogP contribution is 2.15. The Morgan fingerprint density at radius 2 is 1.92 bits per heavy atom. The maximum atomic E-state index is 4.36. The molecule has 1 aromatic heterocycles. The predicted molar refractivity (Wildman–Crippen MR) is 51.5 cm³/mol. The normalized spacial score (nSPS) is 10.3. The zero-order valence-corrected chi connectivity index (χ0v) is 9.29. The second-order valence-electron chi connectivity index (χ2n) is 2.32. The largest absolute Gasteiger partial charge is 0.255 e. The molecule has 0 saturated heterocycles. The van der Waals surface area contributed by atoms with Gasteiger partial charge in [0.25, 0.3) is 5.16 Å². The zero-order valence-electron chi connectivity index (χ0n) is 7.66. The van der Waals surface area contributed by atoms with Crippen molar-refractivity contribution in [3.05, 3.63) is 5.69 Å². The quantitative estimate of drug-likeness (QED) is 0.530. The number of aryl methyl sites for hydroxylation is 1. The summed E-state index contributed by atoms with van der Waals surface area (Å²) in [5, 5.41) is 6.13. The van der Waals surface area contributed by atoms with Crippen LogP contribution < -0.4 is 4.68 Å². The zero-order chi connectivity index (χ0) is 9.14. The fourth-order valence-corrected chi connectivity index (χ4v) is 1.86. The summed E-state index contributed by atoms with van der Waals surface area (Å²) in [5.74, 6) is 0. The number of nitrogens with zero attached hydrogens (tertiary/aromatic N) is 3. The van der Waals surface area contributed by atoms with Crippen molar-refractivity contribution in [1.29, 1.82) is 0 Å². The van der Waals surface area contributed by atoms with Crippen molar-refractivity contribution in [3.8, 4) is 0 Å². The molecule has 0 saturated carbocycles. The Morgan fingerprint density at radius 1 is 1.25 bits per heavy atom. The number of hydrogen-bond donors (Lipinski definition) is 0. The van der Waals surface area contributed by atoms with Crippen molar-refractivity contribution in [2.75, 3.05) is 12.5 Å². The lowest BCUT2D eigenvalue weighted by Crippen LogP contribution is -2.38. The van der Waals surface area contributed by atoms with Gasteiger partial charge in [0, 0.05) is 12.0 Å². The van der Waals surface area contributed by atoms with Crippen LogP contribution in [0, 0.1) is 6.92 Å². The molecular formula is C7H12N3S2+. The number of rotatable bonds is 2. The van der Waals surface area contributed by atoms with Gasteiger partial charge < -0.3 is 0 Å². The molecule has 0 aliphatic heterocycles. The molecule has 0 bridgehead atoms. The highest BCUT2D eigenvalue weighted by atomic mass is 32.2. The van der Waals surface area contributed by atoms with Crippen molar-refractivity contribution in [2.45, 2.75) is 17.1 Å². The molecule has 0 radical (unpaired) electrons. The average molecular weight is 202 g/mol. The van der Waals surface area contributed by atoms with Crippen LogP contribution in [0.3, 0.4) is 0 Å². The molecule has 1 aromatic rings. The Labute approximate surface area is 81.0 Å². The average Bonchev–Trinajstić information content (AvgIpc) is 2.09. The standard InChI is InChI=1S/C7H12N3S2/c1-5-6(11-3)8-7(12-4)9-10(5)2/h1-4H3/q+1. The Morgan fingerprint density at radius 3 is 2.42 bits per heavy atom. The summed E-state index contributed by atoms with van der Waals surface area (Å²) >= 11 is 3.22. The van der Waals surface area contributed by atoms with Crippen LogP contribution >= 0.6 is 23.5 Å². The second-order valence-corrected chi connectivity index (χ2v) is 3.89. The van der Waals surface area contributed by atoms with Gasteiger partial charge in [-0.3, -0.25) is 0 Å². The summed E-state index contributed by atoms with van der Waals surface area (Å²) in [6.07, 6.45) is 4.01. The first kappa shape index (κ1) is 9.80. The highest BCUT2D eigenvalue weighted by molar-refractivity contribution is 7.99. The van der Waals surface area contributed by atoms with Gasteiger partial charge in [0.1, 0.15) is 0 Å². The van der Waals surface area contributed by atoms with Gasteiger partial charge in [-0.25, -0.2) is 4.98 Å². The van der Waals surface area contributed by atoms with Crippen molar-refractivity contribution in [3.63, 3.8) is 0 Å². The minimum absolute atomic E-state index is 0.826. The Hall–Kier alpha value is -0.290. The van der Waals surface area contributed by atoms with Gasteiger partial charge in [-0.15, -0.1) is 11.8 Å². The van der Waals surface area contributed by atoms with Gasteiger partial charge >= 0.3 is 0 Å². The van der Waals surface area contributed by atoms with Gasteiger partial charge in [0.15, 0.2) is 12.1 Å². The molecule has 0 aliphatic carbocycles. The van der Waals surface area contributed by atoms with Crippen LogP contribution in [0.2, 0.25) is 0 Å². The number of thioether (sulfide) groups is 2. The highest BCUT2D eigenvalue weighted by Gasteiger charge is 2.13. The summed E-state index contributed by atoms with van der Waals surface area (Å²) in [7, 11) is 1.94. The second kappa shape index (κ2) is 4.09. The van der Waals surface area contributed by atoms with Gasteiger partial charge in [-0.1, -0.05) is 16.4 Å². The van der Waals surface area contributed by atoms with E-state index in [4.69, 9.17) is 0 Å². The number of hydrogen-bond acceptors (Lipinski definition) is 4. The smallest absolute Gasteiger partial charge is 0.204 e. The van der Waals surface area contributed by atoms with Crippen LogP contribution in [0.1, 0.15) is 5.69 Å². The van der Waals surface area contributed by atoms with E-state index in [2.05, 4.69) is 10.1 Å². The van der Waals surface area contributed by atoms with Gasteiger partial charge in [0.2, 0.25) is 5.69 Å². The molecule has 0 unspecified atom stereocenters. The first-order chi connectivity index (χ1) is 5.69. The predicted octanol–water partition coefficient (Wildman–Crippen LogP) is 1.05. The maximum absolute atomic E-state index is 4.36. The van der Waals surface area contributed by atoms with Crippen LogP contribution in [0.25, 0.3) is 0 Å². The molecule has 0 atom stereocenters. The minimum Gasteiger partial charge on any atom is -0.204 e. The molecule has 0 N–H and O–H groups in total. The van der Waals surface area contributed by atoms with E-state index in [1.165, 1.54) is 0 Å². The van der Waals surface area contributed by atoms with E-state index in [0.717, 1.165) is 15.9 Å². The van der Waals surface area contributed by atoms with Gasteiger partial charge in [0.05, 0.1) is 0 Å². The van der Waals surface area contributed by atoms with Crippen LogP contribution in [-0.4, -0.2) is 22.6 Å². The molecule has 0 fully saturated rings. The molecule has 5 heteroatoms. The van der Waals surface area contributed by atoms with Crippen molar-refractivity contribution >= 4 is 23.5 Å². The fourth-order valence-electron chi connectivity index (χ4n) is 0.812. The summed E-state index contributed by atoms with van der Waals surface area (Å²) in [5.41, 5.74) is 1.11. The molecule has 3 nitrogen and oxygen atoms in total. The van der Waals surface area contributed by atoms with E-state index in [9.17, 15) is 0 Å². The molecular weight excluding hydrogens is 190 g/mol. The third-order valence-electron chi connectivity index (χ3n) is 1.60.